The Kier molecular flexibility index (Phi) is 9.96. The average molecular weight is 634 g/mol. The van der Waals surface area contributed by atoms with Gasteiger partial charge in [0, 0.05) is 29.1 Å². The number of pyridine rings is 1. The van der Waals surface area contributed by atoms with Gasteiger partial charge in [-0.15, -0.1) is 0 Å². The quantitative estimate of drug-likeness (QED) is 0.219. The minimum atomic E-state index is -4.86. The lowest BCUT2D eigenvalue weighted by Crippen LogP contribution is -2.34. The Morgan fingerprint density at radius 1 is 1.09 bits per heavy atom. The molecule has 1 aliphatic rings. The van der Waals surface area contributed by atoms with Crippen LogP contribution in [0, 0.1) is 17.5 Å². The fourth-order valence-corrected chi connectivity index (χ4v) is 5.26. The lowest BCUT2D eigenvalue weighted by molar-refractivity contribution is -0.143. The second-order valence-electron chi connectivity index (χ2n) is 10.0. The van der Waals surface area contributed by atoms with Gasteiger partial charge in [0.1, 0.15) is 24.0 Å². The van der Waals surface area contributed by atoms with Gasteiger partial charge in [0.2, 0.25) is 5.91 Å². The van der Waals surface area contributed by atoms with Gasteiger partial charge in [-0.25, -0.2) is 13.2 Å². The first-order chi connectivity index (χ1) is 21.3. The summed E-state index contributed by atoms with van der Waals surface area (Å²) in [7, 11) is 0. The summed E-state index contributed by atoms with van der Waals surface area (Å²) in [6, 6.07) is 8.30. The van der Waals surface area contributed by atoms with Crippen LogP contribution in [0.2, 0.25) is 0 Å². The van der Waals surface area contributed by atoms with Gasteiger partial charge >= 0.3 is 6.18 Å². The zero-order chi connectivity index (χ0) is 33.1. The summed E-state index contributed by atoms with van der Waals surface area (Å²) in [6.07, 6.45) is -4.97. The van der Waals surface area contributed by atoms with Gasteiger partial charge in [-0.1, -0.05) is 26.0 Å². The molecule has 238 valence electrons. The highest BCUT2D eigenvalue weighted by atomic mass is 19.4. The number of aliphatic hydroxyl groups excluding tert-OH is 1. The van der Waals surface area contributed by atoms with Gasteiger partial charge in [-0.05, 0) is 60.7 Å². The summed E-state index contributed by atoms with van der Waals surface area (Å²) in [5.41, 5.74) is 4.18. The first kappa shape index (κ1) is 33.2. The highest BCUT2D eigenvalue weighted by Crippen LogP contribution is 2.41. The van der Waals surface area contributed by atoms with Gasteiger partial charge in [0.05, 0.1) is 23.4 Å². The Morgan fingerprint density at radius 3 is 2.42 bits per heavy atom. The number of carbonyl (C=O) groups excluding carboxylic acids is 2. The van der Waals surface area contributed by atoms with Crippen molar-refractivity contribution in [2.45, 2.75) is 58.0 Å². The molecule has 4 N–H and O–H groups in total. The third-order valence-corrected chi connectivity index (χ3v) is 7.06. The van der Waals surface area contributed by atoms with Gasteiger partial charge < -0.3 is 16.2 Å². The Hall–Kier alpha value is -4.72. The number of aliphatic hydroxyl groups is 1. The molecule has 0 aliphatic heterocycles. The van der Waals surface area contributed by atoms with Crippen LogP contribution < -0.4 is 11.1 Å². The number of nitrogens with two attached hydrogens (primary N) is 1. The number of benzene rings is 2. The molecule has 2 heterocycles. The number of aromatic nitrogens is 3. The second-order valence-corrected chi connectivity index (χ2v) is 10.0. The summed E-state index contributed by atoms with van der Waals surface area (Å²) in [5, 5.41) is 16.3. The van der Waals surface area contributed by atoms with Gasteiger partial charge in [-0.2, -0.15) is 18.3 Å². The molecule has 5 rings (SSSR count). The van der Waals surface area contributed by atoms with E-state index >= 15 is 0 Å². The number of alkyl halides is 3. The van der Waals surface area contributed by atoms with Crippen molar-refractivity contribution in [1.82, 2.24) is 20.1 Å². The standard InChI is InChI=1S/C29H23F6N5O3.C2H6/c30-16-8-14(9-17(31)12-16)10-21(26-18(2-1-7-37-26)15-3-4-20(32)19(11-15)28(36)43)38-24(42)13-40-22-5-6-23(41)25(22)27(39-40)29(33,34)35;1-2/h1-4,7-9,11-12,21,23,41H,5-6,10,13H2,(H2,36,43)(H,38,42);1-2H3. The molecular formula is C31H29F6N5O3. The molecule has 2 aromatic carbocycles. The van der Waals surface area contributed by atoms with E-state index in [2.05, 4.69) is 15.4 Å². The number of nitrogens with zero attached hydrogens (tertiary/aromatic N) is 3. The predicted octanol–water partition coefficient (Wildman–Crippen LogP) is 5.59. The molecule has 2 amide bonds. The van der Waals surface area contributed by atoms with Gasteiger partial charge in [0.25, 0.3) is 5.91 Å². The largest absolute Gasteiger partial charge is 0.435 e. The van der Waals surface area contributed by atoms with Gasteiger partial charge in [-0.3, -0.25) is 19.3 Å². The number of amides is 2. The lowest BCUT2D eigenvalue weighted by Gasteiger charge is -2.22. The zero-order valence-electron chi connectivity index (χ0n) is 24.1. The summed E-state index contributed by atoms with van der Waals surface area (Å²) in [6.45, 7) is 3.34. The molecule has 45 heavy (non-hydrogen) atoms. The molecule has 2 atom stereocenters. The van der Waals surface area contributed by atoms with Crippen LogP contribution in [0.25, 0.3) is 11.1 Å². The molecule has 0 saturated carbocycles. The molecule has 0 saturated heterocycles. The highest BCUT2D eigenvalue weighted by molar-refractivity contribution is 5.94. The summed E-state index contributed by atoms with van der Waals surface area (Å²) in [5.74, 6) is -4.46. The van der Waals surface area contributed by atoms with Crippen LogP contribution in [0.4, 0.5) is 26.3 Å². The maximum Gasteiger partial charge on any atom is 0.435 e. The average Bonchev–Trinajstić information content (AvgIpc) is 3.54. The van der Waals surface area contributed by atoms with Crippen LogP contribution in [0.1, 0.15) is 71.0 Å². The number of carbonyl (C=O) groups is 2. The zero-order valence-corrected chi connectivity index (χ0v) is 24.1. The minimum Gasteiger partial charge on any atom is -0.388 e. The molecule has 0 fully saturated rings. The fourth-order valence-electron chi connectivity index (χ4n) is 5.26. The van der Waals surface area contributed by atoms with E-state index in [0.29, 0.717) is 11.6 Å². The van der Waals surface area contributed by atoms with E-state index in [1.54, 1.807) is 6.07 Å². The third-order valence-electron chi connectivity index (χ3n) is 7.06. The summed E-state index contributed by atoms with van der Waals surface area (Å²) < 4.78 is 84.0. The number of hydrogen-bond acceptors (Lipinski definition) is 5. The third kappa shape index (κ3) is 7.33. The van der Waals surface area contributed by atoms with Crippen LogP contribution in [0.5, 0.6) is 0 Å². The lowest BCUT2D eigenvalue weighted by atomic mass is 9.94. The normalized spacial score (nSPS) is 14.7. The minimum absolute atomic E-state index is 0.0356. The van der Waals surface area contributed by atoms with Crippen LogP contribution in [-0.4, -0.2) is 31.7 Å². The predicted molar refractivity (Wildman–Crippen MR) is 151 cm³/mol. The van der Waals surface area contributed by atoms with Crippen LogP contribution in [0.15, 0.2) is 54.7 Å². The van der Waals surface area contributed by atoms with Crippen molar-refractivity contribution in [2.75, 3.05) is 0 Å². The highest BCUT2D eigenvalue weighted by Gasteiger charge is 2.43. The van der Waals surface area contributed by atoms with Crippen LogP contribution in [-0.2, 0) is 30.4 Å². The second kappa shape index (κ2) is 13.5. The number of rotatable bonds is 8. The maximum absolute atomic E-state index is 14.2. The number of fused-ring (bicyclic) bond motifs is 1. The van der Waals surface area contributed by atoms with Crippen LogP contribution >= 0.6 is 0 Å². The number of hydrogen-bond donors (Lipinski definition) is 3. The van der Waals surface area contributed by atoms with Crippen molar-refractivity contribution in [2.24, 2.45) is 5.73 Å². The summed E-state index contributed by atoms with van der Waals surface area (Å²) in [4.78, 5) is 29.4. The molecule has 14 heteroatoms. The molecule has 0 spiro atoms. The Labute approximate surface area is 253 Å². The topological polar surface area (TPSA) is 123 Å². The van der Waals surface area contributed by atoms with Crippen molar-refractivity contribution in [3.05, 3.63) is 106 Å². The van der Waals surface area contributed by atoms with Crippen LogP contribution in [0.3, 0.4) is 0 Å². The van der Waals surface area contributed by atoms with Gasteiger partial charge in [0.15, 0.2) is 5.69 Å². The SMILES string of the molecule is CC.NC(=O)c1cc(-c2cccnc2C(Cc2cc(F)cc(F)c2)NC(=O)Cn2nc(C(F)(F)F)c3c2CCC3O)ccc1F. The molecule has 0 bridgehead atoms. The molecule has 0 radical (unpaired) electrons. The number of nitrogens with one attached hydrogen (secondary N) is 1. The molecule has 1 aliphatic carbocycles. The van der Waals surface area contributed by atoms with Crippen molar-refractivity contribution < 1.29 is 41.0 Å². The van der Waals surface area contributed by atoms with Crippen molar-refractivity contribution >= 4 is 11.8 Å². The van der Waals surface area contributed by atoms with E-state index < -0.39 is 65.4 Å². The van der Waals surface area contributed by atoms with E-state index in [-0.39, 0.29) is 47.3 Å². The van der Waals surface area contributed by atoms with Crippen molar-refractivity contribution in [1.29, 1.82) is 0 Å². The molecular weight excluding hydrogens is 604 g/mol. The Morgan fingerprint density at radius 2 is 1.78 bits per heavy atom. The maximum atomic E-state index is 14.2. The Balaban J connectivity index is 0.00000226. The number of primary amides is 1. The molecule has 2 aromatic heterocycles. The first-order valence-electron chi connectivity index (χ1n) is 14.0. The van der Waals surface area contributed by atoms with E-state index in [9.17, 15) is 41.0 Å². The number of halogens is 6. The molecule has 4 aromatic rings. The van der Waals surface area contributed by atoms with Crippen molar-refractivity contribution in [3.63, 3.8) is 0 Å². The summed E-state index contributed by atoms with van der Waals surface area (Å²) >= 11 is 0. The fraction of sp³-hybridized carbons (Fsp3) is 0.290. The molecule has 8 nitrogen and oxygen atoms in total. The van der Waals surface area contributed by atoms with E-state index in [1.165, 1.54) is 24.4 Å². The smallest absolute Gasteiger partial charge is 0.388 e. The first-order valence-corrected chi connectivity index (χ1v) is 14.0. The van der Waals surface area contributed by atoms with E-state index in [1.807, 2.05) is 13.8 Å². The van der Waals surface area contributed by atoms with E-state index in [4.69, 9.17) is 5.73 Å². The Bertz CT molecular complexity index is 1700. The van der Waals surface area contributed by atoms with Crippen molar-refractivity contribution in [3.8, 4) is 11.1 Å². The monoisotopic (exact) mass is 633 g/mol. The van der Waals surface area contributed by atoms with E-state index in [0.717, 1.165) is 22.9 Å². The molecule has 2 unspecified atom stereocenters.